The molecule has 0 amide bonds. The van der Waals surface area contributed by atoms with Crippen molar-refractivity contribution in [2.75, 3.05) is 12.4 Å². The maximum Gasteiger partial charge on any atom is 0.122 e. The molecule has 0 aromatic carbocycles. The second kappa shape index (κ2) is 3.98. The molecule has 0 aliphatic carbocycles. The molecule has 74 valence electrons. The number of hydrogen-bond acceptors (Lipinski definition) is 4. The zero-order valence-electron chi connectivity index (χ0n) is 7.84. The topological polar surface area (TPSA) is 50.4 Å². The smallest absolute Gasteiger partial charge is 0.122 e. The zero-order chi connectivity index (χ0) is 9.97. The summed E-state index contributed by atoms with van der Waals surface area (Å²) in [5.41, 5.74) is 1.98. The van der Waals surface area contributed by atoms with Crippen molar-refractivity contribution in [2.45, 2.75) is 11.9 Å². The lowest BCUT2D eigenvalue weighted by molar-refractivity contribution is 0.322. The molecule has 0 unspecified atom stereocenters. The number of hydrogen-bond donors (Lipinski definition) is 1. The quantitative estimate of drug-likeness (QED) is 0.770. The molecule has 0 fully saturated rings. The molecule has 4 nitrogen and oxygen atoms in total. The van der Waals surface area contributed by atoms with Gasteiger partial charge in [-0.15, -0.1) is 11.8 Å². The highest BCUT2D eigenvalue weighted by Crippen LogP contribution is 2.20. The van der Waals surface area contributed by atoms with E-state index in [1.807, 2.05) is 23.7 Å². The highest BCUT2D eigenvalue weighted by atomic mass is 32.2. The number of fused-ring (bicyclic) bond motifs is 1. The highest BCUT2D eigenvalue weighted by molar-refractivity contribution is 7.99. The molecule has 0 aliphatic heterocycles. The van der Waals surface area contributed by atoms with E-state index in [0.29, 0.717) is 5.75 Å². The molecule has 14 heavy (non-hydrogen) atoms. The molecular formula is C9H11N3OS. The second-order valence-corrected chi connectivity index (χ2v) is 4.00. The van der Waals surface area contributed by atoms with Gasteiger partial charge in [0.05, 0.1) is 17.8 Å². The second-order valence-electron chi connectivity index (χ2n) is 2.92. The normalized spacial score (nSPS) is 11.0. The lowest BCUT2D eigenvalue weighted by Crippen LogP contribution is -1.93. The Kier molecular flexibility index (Phi) is 2.69. The van der Waals surface area contributed by atoms with E-state index in [4.69, 9.17) is 5.11 Å². The molecule has 2 heterocycles. The molecule has 0 saturated carbocycles. The van der Waals surface area contributed by atoms with Crippen LogP contribution in [0.5, 0.6) is 0 Å². The number of aromatic nitrogens is 3. The third-order valence-corrected chi connectivity index (χ3v) is 2.78. The van der Waals surface area contributed by atoms with Gasteiger partial charge in [0.25, 0.3) is 0 Å². The van der Waals surface area contributed by atoms with Crippen LogP contribution in [0.25, 0.3) is 5.52 Å². The van der Waals surface area contributed by atoms with Crippen LogP contribution in [0.4, 0.5) is 0 Å². The van der Waals surface area contributed by atoms with Crippen molar-refractivity contribution in [3.63, 3.8) is 0 Å². The van der Waals surface area contributed by atoms with Crippen LogP contribution in [0.2, 0.25) is 0 Å². The predicted molar refractivity (Wildman–Crippen MR) is 55.5 cm³/mol. The van der Waals surface area contributed by atoms with Crippen LogP contribution in [0.3, 0.4) is 0 Å². The largest absolute Gasteiger partial charge is 0.396 e. The Bertz CT molecular complexity index is 441. The molecule has 0 saturated heterocycles. The summed E-state index contributed by atoms with van der Waals surface area (Å²) < 4.78 is 1.81. The van der Waals surface area contributed by atoms with Crippen LogP contribution in [0.1, 0.15) is 5.69 Å². The molecule has 5 heteroatoms. The number of rotatable bonds is 3. The van der Waals surface area contributed by atoms with Crippen molar-refractivity contribution in [2.24, 2.45) is 0 Å². The van der Waals surface area contributed by atoms with Crippen LogP contribution >= 0.6 is 11.8 Å². The van der Waals surface area contributed by atoms with Crippen LogP contribution < -0.4 is 0 Å². The zero-order valence-corrected chi connectivity index (χ0v) is 8.66. The van der Waals surface area contributed by atoms with Gasteiger partial charge >= 0.3 is 0 Å². The van der Waals surface area contributed by atoms with Crippen LogP contribution in [0.15, 0.2) is 23.5 Å². The fourth-order valence-electron chi connectivity index (χ4n) is 1.27. The van der Waals surface area contributed by atoms with Gasteiger partial charge in [0.1, 0.15) is 5.03 Å². The Morgan fingerprint density at radius 1 is 1.57 bits per heavy atom. The van der Waals surface area contributed by atoms with Crippen molar-refractivity contribution >= 4 is 17.3 Å². The third kappa shape index (κ3) is 1.73. The molecule has 0 atom stereocenters. The van der Waals surface area contributed by atoms with E-state index in [0.717, 1.165) is 16.2 Å². The average Bonchev–Trinajstić information content (AvgIpc) is 2.55. The maximum absolute atomic E-state index is 8.73. The molecule has 0 bridgehead atoms. The van der Waals surface area contributed by atoms with E-state index < -0.39 is 0 Å². The van der Waals surface area contributed by atoms with Gasteiger partial charge < -0.3 is 5.11 Å². The molecule has 1 N–H and O–H groups in total. The summed E-state index contributed by atoms with van der Waals surface area (Å²) in [6, 6.07) is 1.99. The highest BCUT2D eigenvalue weighted by Gasteiger charge is 2.04. The van der Waals surface area contributed by atoms with Crippen molar-refractivity contribution in [3.05, 3.63) is 24.2 Å². The summed E-state index contributed by atoms with van der Waals surface area (Å²) >= 11 is 1.54. The van der Waals surface area contributed by atoms with E-state index in [9.17, 15) is 0 Å². The molecule has 2 rings (SSSR count). The van der Waals surface area contributed by atoms with Crippen LogP contribution in [-0.4, -0.2) is 32.1 Å². The lowest BCUT2D eigenvalue weighted by Gasteiger charge is -1.99. The molecule has 0 spiro atoms. The Labute approximate surface area is 86.0 Å². The summed E-state index contributed by atoms with van der Waals surface area (Å²) in [7, 11) is 0. The van der Waals surface area contributed by atoms with E-state index in [-0.39, 0.29) is 6.61 Å². The summed E-state index contributed by atoms with van der Waals surface area (Å²) in [6.07, 6.45) is 3.55. The van der Waals surface area contributed by atoms with Gasteiger partial charge in [0.2, 0.25) is 0 Å². The molecule has 0 radical (unpaired) electrons. The number of aliphatic hydroxyl groups excluding tert-OH is 1. The van der Waals surface area contributed by atoms with Crippen molar-refractivity contribution in [1.82, 2.24) is 14.6 Å². The lowest BCUT2D eigenvalue weighted by atomic mass is 10.4. The summed E-state index contributed by atoms with van der Waals surface area (Å²) in [6.45, 7) is 2.12. The van der Waals surface area contributed by atoms with Gasteiger partial charge in [0, 0.05) is 18.1 Å². The predicted octanol–water partition coefficient (Wildman–Crippen LogP) is 1.12. The van der Waals surface area contributed by atoms with Gasteiger partial charge in [-0.05, 0) is 13.0 Å². The molecule has 2 aromatic heterocycles. The maximum atomic E-state index is 8.73. The molecular weight excluding hydrogens is 198 g/mol. The summed E-state index contributed by atoms with van der Waals surface area (Å²) in [5.74, 6) is 0.664. The summed E-state index contributed by atoms with van der Waals surface area (Å²) in [5, 5.41) is 13.9. The first-order valence-electron chi connectivity index (χ1n) is 4.36. The summed E-state index contributed by atoms with van der Waals surface area (Å²) in [4.78, 5) is 4.25. The van der Waals surface area contributed by atoms with E-state index in [2.05, 4.69) is 10.1 Å². The van der Waals surface area contributed by atoms with Gasteiger partial charge in [-0.25, -0.2) is 9.50 Å². The van der Waals surface area contributed by atoms with Gasteiger partial charge in [-0.2, -0.15) is 5.10 Å². The van der Waals surface area contributed by atoms with Gasteiger partial charge in [-0.1, -0.05) is 0 Å². The first kappa shape index (κ1) is 9.48. The molecule has 2 aromatic rings. The SMILES string of the molecule is Cc1cc2c(SCCO)nccn2n1. The number of aliphatic hydroxyl groups is 1. The van der Waals surface area contributed by atoms with Crippen LogP contribution in [-0.2, 0) is 0 Å². The van der Waals surface area contributed by atoms with Crippen molar-refractivity contribution < 1.29 is 5.11 Å². The number of aryl methyl sites for hydroxylation is 1. The standard InChI is InChI=1S/C9H11N3OS/c1-7-6-8-9(14-5-4-13)10-2-3-12(8)11-7/h2-3,6,13H,4-5H2,1H3. The minimum atomic E-state index is 0.167. The number of nitrogens with zero attached hydrogens (tertiary/aromatic N) is 3. The van der Waals surface area contributed by atoms with Gasteiger partial charge in [0.15, 0.2) is 0 Å². The first-order valence-corrected chi connectivity index (χ1v) is 5.34. The Hall–Kier alpha value is -1.07. The Morgan fingerprint density at radius 3 is 3.21 bits per heavy atom. The third-order valence-electron chi connectivity index (χ3n) is 1.81. The first-order chi connectivity index (χ1) is 6.81. The monoisotopic (exact) mass is 209 g/mol. The fourth-order valence-corrected chi connectivity index (χ4v) is 1.99. The Balaban J connectivity index is 2.42. The fraction of sp³-hybridized carbons (Fsp3) is 0.333. The minimum Gasteiger partial charge on any atom is -0.396 e. The van der Waals surface area contributed by atoms with E-state index in [1.165, 1.54) is 0 Å². The van der Waals surface area contributed by atoms with Crippen molar-refractivity contribution in [1.29, 1.82) is 0 Å². The van der Waals surface area contributed by atoms with Gasteiger partial charge in [-0.3, -0.25) is 0 Å². The van der Waals surface area contributed by atoms with E-state index in [1.54, 1.807) is 18.0 Å². The minimum absolute atomic E-state index is 0.167. The van der Waals surface area contributed by atoms with Crippen molar-refractivity contribution in [3.8, 4) is 0 Å². The average molecular weight is 209 g/mol. The Morgan fingerprint density at radius 2 is 2.43 bits per heavy atom. The number of thioether (sulfide) groups is 1. The molecule has 0 aliphatic rings. The van der Waals surface area contributed by atoms with E-state index >= 15 is 0 Å². The van der Waals surface area contributed by atoms with Crippen LogP contribution in [0, 0.1) is 6.92 Å².